The van der Waals surface area contributed by atoms with E-state index in [1.165, 1.54) is 6.08 Å². The number of nitrogens with zero attached hydrogens (tertiary/aromatic N) is 5. The van der Waals surface area contributed by atoms with E-state index in [4.69, 9.17) is 19.7 Å². The first kappa shape index (κ1) is 28.4. The predicted molar refractivity (Wildman–Crippen MR) is 176 cm³/mol. The fourth-order valence-corrected chi connectivity index (χ4v) is 4.94. The summed E-state index contributed by atoms with van der Waals surface area (Å²) >= 11 is 0. The first-order chi connectivity index (χ1) is 21.6. The second-order valence-electron chi connectivity index (χ2n) is 10.2. The van der Waals surface area contributed by atoms with Crippen LogP contribution in [0.1, 0.15) is 11.1 Å². The number of benzene rings is 4. The number of imidazole rings is 1. The molecule has 0 saturated heterocycles. The van der Waals surface area contributed by atoms with Gasteiger partial charge in [0.25, 0.3) is 0 Å². The number of rotatable bonds is 12. The third-order valence-corrected chi connectivity index (χ3v) is 7.12. The van der Waals surface area contributed by atoms with Crippen molar-refractivity contribution < 1.29 is 9.84 Å². The average molecular weight is 584 g/mol. The second-order valence-corrected chi connectivity index (χ2v) is 10.2. The van der Waals surface area contributed by atoms with Gasteiger partial charge in [0.05, 0.1) is 12.8 Å². The highest BCUT2D eigenvalue weighted by Gasteiger charge is 2.21. The van der Waals surface area contributed by atoms with Crippen LogP contribution in [0.2, 0.25) is 0 Å². The Labute approximate surface area is 256 Å². The Morgan fingerprint density at radius 3 is 2.18 bits per heavy atom. The van der Waals surface area contributed by atoms with Crippen LogP contribution in [0, 0.1) is 0 Å². The molecule has 4 aromatic carbocycles. The zero-order chi connectivity index (χ0) is 30.3. The number of anilines is 4. The van der Waals surface area contributed by atoms with Gasteiger partial charge in [-0.05, 0) is 59.7 Å². The Hall–Kier alpha value is -5.67. The highest BCUT2D eigenvalue weighted by molar-refractivity contribution is 5.86. The summed E-state index contributed by atoms with van der Waals surface area (Å²) in [4.78, 5) is 17.1. The van der Waals surface area contributed by atoms with Crippen molar-refractivity contribution in [3.05, 3.63) is 139 Å². The van der Waals surface area contributed by atoms with Crippen molar-refractivity contribution in [2.24, 2.45) is 0 Å². The monoisotopic (exact) mass is 583 g/mol. The molecule has 9 heteroatoms. The molecular formula is C35H33N7O2. The summed E-state index contributed by atoms with van der Waals surface area (Å²) in [7, 11) is 1.64. The minimum atomic E-state index is -0.872. The molecule has 0 aliphatic heterocycles. The molecule has 220 valence electrons. The summed E-state index contributed by atoms with van der Waals surface area (Å²) in [5.41, 5.74) is 5.99. The summed E-state index contributed by atoms with van der Waals surface area (Å²) in [6.45, 7) is 4.89. The van der Waals surface area contributed by atoms with Gasteiger partial charge in [0, 0.05) is 24.5 Å². The van der Waals surface area contributed by atoms with Crippen molar-refractivity contribution in [2.45, 2.75) is 19.3 Å². The maximum Gasteiger partial charge on any atom is 0.231 e. The molecule has 2 heterocycles. The molecule has 0 saturated carbocycles. The lowest BCUT2D eigenvalue weighted by Gasteiger charge is -2.25. The van der Waals surface area contributed by atoms with E-state index >= 15 is 0 Å². The Balaban J connectivity index is 1.48. The van der Waals surface area contributed by atoms with E-state index in [9.17, 15) is 5.11 Å². The molecule has 0 amide bonds. The summed E-state index contributed by atoms with van der Waals surface area (Å²) < 4.78 is 7.26. The molecule has 0 spiro atoms. The van der Waals surface area contributed by atoms with E-state index < -0.39 is 6.23 Å². The van der Waals surface area contributed by atoms with Crippen molar-refractivity contribution in [2.75, 3.05) is 22.6 Å². The molecule has 0 aliphatic carbocycles. The molecule has 1 unspecified atom stereocenters. The van der Waals surface area contributed by atoms with Gasteiger partial charge in [-0.25, -0.2) is 4.98 Å². The van der Waals surface area contributed by atoms with Crippen LogP contribution in [0.3, 0.4) is 0 Å². The highest BCUT2D eigenvalue weighted by atomic mass is 16.5. The molecular weight excluding hydrogens is 550 g/mol. The van der Waals surface area contributed by atoms with Crippen LogP contribution >= 0.6 is 0 Å². The number of ether oxygens (including phenoxy) is 1. The topological polar surface area (TPSA) is 100 Å². The molecule has 6 rings (SSSR count). The normalized spacial score (nSPS) is 11.6. The number of aromatic nitrogens is 4. The number of fused-ring (bicyclic) bond motifs is 1. The molecule has 0 radical (unpaired) electrons. The number of methoxy groups -OCH3 is 1. The quantitative estimate of drug-likeness (QED) is 0.108. The van der Waals surface area contributed by atoms with E-state index in [2.05, 4.69) is 46.4 Å². The number of nitrogens with one attached hydrogen (secondary N) is 2. The first-order valence-corrected chi connectivity index (χ1v) is 14.3. The summed E-state index contributed by atoms with van der Waals surface area (Å²) in [5.74, 6) is 1.90. The summed E-state index contributed by atoms with van der Waals surface area (Å²) in [6.07, 6.45) is 2.32. The summed E-state index contributed by atoms with van der Waals surface area (Å²) in [6, 6.07) is 36.0. The Morgan fingerprint density at radius 1 is 0.864 bits per heavy atom. The average Bonchev–Trinajstić information content (AvgIpc) is 3.49. The van der Waals surface area contributed by atoms with Gasteiger partial charge in [-0.1, -0.05) is 73.3 Å². The van der Waals surface area contributed by atoms with Crippen molar-refractivity contribution in [3.63, 3.8) is 0 Å². The van der Waals surface area contributed by atoms with Gasteiger partial charge >= 0.3 is 0 Å². The van der Waals surface area contributed by atoms with Gasteiger partial charge in [-0.2, -0.15) is 9.97 Å². The fourth-order valence-electron chi connectivity index (χ4n) is 4.94. The van der Waals surface area contributed by atoms with Gasteiger partial charge in [-0.15, -0.1) is 0 Å². The summed E-state index contributed by atoms with van der Waals surface area (Å²) in [5, 5.41) is 16.5. The second kappa shape index (κ2) is 13.1. The number of hydrogen-bond acceptors (Lipinski definition) is 8. The van der Waals surface area contributed by atoms with Gasteiger partial charge in [0.2, 0.25) is 5.95 Å². The zero-order valence-corrected chi connectivity index (χ0v) is 24.3. The molecule has 2 aromatic heterocycles. The minimum absolute atomic E-state index is 0.432. The van der Waals surface area contributed by atoms with Gasteiger partial charge in [0.15, 0.2) is 17.0 Å². The van der Waals surface area contributed by atoms with Crippen molar-refractivity contribution in [1.29, 1.82) is 0 Å². The third kappa shape index (κ3) is 6.53. The predicted octanol–water partition coefficient (Wildman–Crippen LogP) is 6.69. The number of aliphatic hydroxyl groups excluding tert-OH is 1. The number of hydrogen-bond donors (Lipinski definition) is 3. The maximum absolute atomic E-state index is 10.1. The lowest BCUT2D eigenvalue weighted by Crippen LogP contribution is -2.24. The van der Waals surface area contributed by atoms with Crippen LogP contribution in [0.5, 0.6) is 5.75 Å². The maximum atomic E-state index is 10.1. The third-order valence-electron chi connectivity index (χ3n) is 7.12. The SMILES string of the molecule is C=CC(O)Nc1cccc(-n2cnc3c(N(Cc4ccccc4)Cc4ccccc4)nc(Nc4ccc(OC)cc4)nc32)c1. The van der Waals surface area contributed by atoms with Crippen molar-refractivity contribution >= 4 is 34.3 Å². The highest BCUT2D eigenvalue weighted by Crippen LogP contribution is 2.30. The molecule has 0 bridgehead atoms. The molecule has 44 heavy (non-hydrogen) atoms. The van der Waals surface area contributed by atoms with Crippen molar-refractivity contribution in [1.82, 2.24) is 19.5 Å². The van der Waals surface area contributed by atoms with Crippen LogP contribution in [-0.2, 0) is 13.1 Å². The molecule has 0 fully saturated rings. The molecule has 6 aromatic rings. The Bertz CT molecular complexity index is 1800. The van der Waals surface area contributed by atoms with E-state index in [-0.39, 0.29) is 0 Å². The van der Waals surface area contributed by atoms with E-state index in [1.54, 1.807) is 13.4 Å². The van der Waals surface area contributed by atoms with Gasteiger partial charge in [0.1, 0.15) is 18.3 Å². The van der Waals surface area contributed by atoms with Crippen LogP contribution in [0.15, 0.2) is 128 Å². The Morgan fingerprint density at radius 2 is 1.55 bits per heavy atom. The molecule has 3 N–H and O–H groups in total. The molecule has 9 nitrogen and oxygen atoms in total. The largest absolute Gasteiger partial charge is 0.497 e. The standard InChI is InChI=1S/C35H33N7O2/c1-3-31(43)37-28-15-10-16-29(21-28)42-24-36-32-33(39-35(40-34(32)42)38-27-17-19-30(44-2)20-18-27)41(22-25-11-6-4-7-12-25)23-26-13-8-5-9-14-26/h3-21,24,31,37,43H,1,22-23H2,2H3,(H,38,39,40). The Kier molecular flexibility index (Phi) is 8.47. The minimum Gasteiger partial charge on any atom is -0.497 e. The van der Waals surface area contributed by atoms with Gasteiger partial charge in [-0.3, -0.25) is 4.57 Å². The lowest BCUT2D eigenvalue weighted by atomic mass is 10.1. The first-order valence-electron chi connectivity index (χ1n) is 14.3. The molecule has 1 atom stereocenters. The van der Waals surface area contributed by atoms with Crippen molar-refractivity contribution in [3.8, 4) is 11.4 Å². The smallest absolute Gasteiger partial charge is 0.231 e. The van der Waals surface area contributed by atoms with Gasteiger partial charge < -0.3 is 25.4 Å². The van der Waals surface area contributed by atoms with E-state index in [0.29, 0.717) is 36.0 Å². The zero-order valence-electron chi connectivity index (χ0n) is 24.3. The van der Waals surface area contributed by atoms with Crippen LogP contribution in [0.25, 0.3) is 16.9 Å². The van der Waals surface area contributed by atoms with Crippen LogP contribution in [-0.4, -0.2) is 38.0 Å². The number of aliphatic hydroxyl groups is 1. The lowest BCUT2D eigenvalue weighted by molar-refractivity contribution is 0.253. The fraction of sp³-hybridized carbons (Fsp3) is 0.114. The molecule has 0 aliphatic rings. The van der Waals surface area contributed by atoms with E-state index in [1.807, 2.05) is 89.5 Å². The van der Waals surface area contributed by atoms with Crippen LogP contribution < -0.4 is 20.3 Å². The van der Waals surface area contributed by atoms with Crippen LogP contribution in [0.4, 0.5) is 23.1 Å². The van der Waals surface area contributed by atoms with E-state index in [0.717, 1.165) is 33.9 Å².